The lowest BCUT2D eigenvalue weighted by atomic mass is 9.74. The van der Waals surface area contributed by atoms with Gasteiger partial charge in [0.05, 0.1) is 17.4 Å². The van der Waals surface area contributed by atoms with Gasteiger partial charge in [-0.05, 0) is 51.2 Å². The minimum atomic E-state index is -1.26. The third-order valence-electron chi connectivity index (χ3n) is 8.65. The number of unbranched alkanes of at least 4 members (excludes halogenated alkanes) is 1. The first-order valence-electron chi connectivity index (χ1n) is 13.8. The van der Waals surface area contributed by atoms with E-state index >= 15 is 0 Å². The molecule has 3 amide bonds. The summed E-state index contributed by atoms with van der Waals surface area (Å²) in [6.45, 7) is 9.64. The van der Waals surface area contributed by atoms with Crippen molar-refractivity contribution >= 4 is 23.4 Å². The maximum atomic E-state index is 14.5. The fraction of sp³-hybridized carbons (Fsp3) is 0.567. The number of carbonyl (C=O) groups is 3. The highest BCUT2D eigenvalue weighted by Crippen LogP contribution is 2.57. The quantitative estimate of drug-likeness (QED) is 0.440. The largest absolute Gasteiger partial charge is 0.396 e. The van der Waals surface area contributed by atoms with Crippen LogP contribution in [0, 0.1) is 25.7 Å². The Labute approximate surface area is 224 Å². The Morgan fingerprint density at radius 3 is 2.34 bits per heavy atom. The van der Waals surface area contributed by atoms with Crippen molar-refractivity contribution in [2.45, 2.75) is 64.2 Å². The smallest absolute Gasteiger partial charge is 0.253 e. The van der Waals surface area contributed by atoms with Crippen LogP contribution in [-0.2, 0) is 19.1 Å². The summed E-state index contributed by atoms with van der Waals surface area (Å²) in [5, 5.41) is 9.41. The van der Waals surface area contributed by atoms with Crippen LogP contribution in [0.2, 0.25) is 0 Å². The minimum Gasteiger partial charge on any atom is -0.396 e. The highest BCUT2D eigenvalue weighted by atomic mass is 16.5. The van der Waals surface area contributed by atoms with Gasteiger partial charge in [0.2, 0.25) is 11.8 Å². The summed E-state index contributed by atoms with van der Waals surface area (Å²) >= 11 is 0. The van der Waals surface area contributed by atoms with Crippen molar-refractivity contribution in [2.75, 3.05) is 37.7 Å². The summed E-state index contributed by atoms with van der Waals surface area (Å²) in [6, 6.07) is 5.04. The molecule has 204 valence electrons. The molecule has 38 heavy (non-hydrogen) atoms. The standard InChI is InChI=1S/C30H39N3O5/c1-5-15-31-16-9-13-29(4)22(26(31)35)23-27(36)33(17-6-7-19-34)25-28(37)32(18-10-14-30(23,25)38-29)24-20(2)11-8-12-21(24)3/h8-14,22-23,25,34H,5-7,15-19H2,1-4H3/t22-,23+,25?,29+,30+/m1/s1. The van der Waals surface area contributed by atoms with Crippen LogP contribution in [0.3, 0.4) is 0 Å². The molecule has 1 aromatic rings. The van der Waals surface area contributed by atoms with E-state index in [1.165, 1.54) is 0 Å². The summed E-state index contributed by atoms with van der Waals surface area (Å²) in [5.41, 5.74) is 0.538. The van der Waals surface area contributed by atoms with Crippen LogP contribution in [0.25, 0.3) is 0 Å². The predicted molar refractivity (Wildman–Crippen MR) is 144 cm³/mol. The number of hydrogen-bond acceptors (Lipinski definition) is 5. The molecule has 8 heteroatoms. The third kappa shape index (κ3) is 3.92. The first-order chi connectivity index (χ1) is 18.2. The van der Waals surface area contributed by atoms with Crippen molar-refractivity contribution in [3.63, 3.8) is 0 Å². The van der Waals surface area contributed by atoms with Gasteiger partial charge < -0.3 is 24.5 Å². The molecular formula is C30H39N3O5. The van der Waals surface area contributed by atoms with Crippen LogP contribution < -0.4 is 4.90 Å². The summed E-state index contributed by atoms with van der Waals surface area (Å²) < 4.78 is 6.87. The van der Waals surface area contributed by atoms with Gasteiger partial charge in [-0.15, -0.1) is 0 Å². The van der Waals surface area contributed by atoms with Crippen LogP contribution in [0.15, 0.2) is 42.5 Å². The zero-order chi connectivity index (χ0) is 27.2. The molecule has 0 saturated carbocycles. The van der Waals surface area contributed by atoms with Crippen LogP contribution in [0.4, 0.5) is 5.69 Å². The van der Waals surface area contributed by atoms with E-state index in [0.29, 0.717) is 39.0 Å². The fourth-order valence-electron chi connectivity index (χ4n) is 7.11. The van der Waals surface area contributed by atoms with Gasteiger partial charge in [-0.1, -0.05) is 49.4 Å². The van der Waals surface area contributed by atoms with E-state index in [1.807, 2.05) is 70.2 Å². The van der Waals surface area contributed by atoms with Crippen LogP contribution in [-0.4, -0.2) is 82.7 Å². The number of aliphatic hydroxyl groups excluding tert-OH is 1. The Morgan fingerprint density at radius 1 is 0.947 bits per heavy atom. The van der Waals surface area contributed by atoms with Crippen molar-refractivity contribution < 1.29 is 24.2 Å². The number of anilines is 1. The molecule has 5 atom stereocenters. The zero-order valence-electron chi connectivity index (χ0n) is 22.9. The van der Waals surface area contributed by atoms with E-state index in [9.17, 15) is 19.5 Å². The number of nitrogens with zero attached hydrogens (tertiary/aromatic N) is 3. The molecule has 1 N–H and O–H groups in total. The zero-order valence-corrected chi connectivity index (χ0v) is 22.9. The monoisotopic (exact) mass is 521 g/mol. The normalized spacial score (nSPS) is 32.4. The van der Waals surface area contributed by atoms with Gasteiger partial charge >= 0.3 is 0 Å². The van der Waals surface area contributed by atoms with Crippen molar-refractivity contribution in [2.24, 2.45) is 11.8 Å². The molecule has 2 saturated heterocycles. The van der Waals surface area contributed by atoms with Gasteiger partial charge in [-0.2, -0.15) is 0 Å². The molecule has 1 unspecified atom stereocenters. The summed E-state index contributed by atoms with van der Waals surface area (Å²) in [7, 11) is 0. The van der Waals surface area contributed by atoms with E-state index in [-0.39, 0.29) is 24.3 Å². The lowest BCUT2D eigenvalue weighted by Gasteiger charge is -2.38. The summed E-state index contributed by atoms with van der Waals surface area (Å²) in [6.07, 6.45) is 9.58. The SMILES string of the molecule is CCCN1CC=C[C@]2(C)O[C@]34C=CCN(c5c(C)cccc5C)C(=O)C3N(CCCCO)C(=O)[C@@H]4[C@@H]2C1=O. The average Bonchev–Trinajstić information content (AvgIpc) is 3.14. The molecule has 4 heterocycles. The minimum absolute atomic E-state index is 0.0100. The molecule has 0 aliphatic carbocycles. The molecule has 2 fully saturated rings. The molecule has 1 aromatic carbocycles. The van der Waals surface area contributed by atoms with Crippen LogP contribution >= 0.6 is 0 Å². The predicted octanol–water partition coefficient (Wildman–Crippen LogP) is 2.76. The second-order valence-electron chi connectivity index (χ2n) is 11.2. The molecule has 4 aliphatic rings. The number of hydrogen-bond donors (Lipinski definition) is 1. The highest BCUT2D eigenvalue weighted by Gasteiger charge is 2.74. The number of ether oxygens (including phenoxy) is 1. The van der Waals surface area contributed by atoms with Crippen LogP contribution in [0.5, 0.6) is 0 Å². The van der Waals surface area contributed by atoms with Gasteiger partial charge in [-0.3, -0.25) is 14.4 Å². The van der Waals surface area contributed by atoms with E-state index in [4.69, 9.17) is 4.74 Å². The lowest BCUT2D eigenvalue weighted by Crippen LogP contribution is -2.56. The van der Waals surface area contributed by atoms with E-state index in [1.54, 1.807) is 14.7 Å². The first kappa shape index (κ1) is 26.6. The summed E-state index contributed by atoms with van der Waals surface area (Å²) in [5.74, 6) is -2.05. The molecular weight excluding hydrogens is 482 g/mol. The number of likely N-dealkylation sites (tertiary alicyclic amines) is 1. The number of amides is 3. The molecule has 0 bridgehead atoms. The van der Waals surface area contributed by atoms with Crippen molar-refractivity contribution in [1.82, 2.24) is 9.80 Å². The van der Waals surface area contributed by atoms with Crippen molar-refractivity contribution in [3.05, 3.63) is 53.6 Å². The number of aryl methyl sites for hydroxylation is 2. The Balaban J connectivity index is 1.64. The molecule has 0 radical (unpaired) electrons. The van der Waals surface area contributed by atoms with Crippen LogP contribution in [0.1, 0.15) is 44.2 Å². The molecule has 8 nitrogen and oxygen atoms in total. The Bertz CT molecular complexity index is 1170. The maximum absolute atomic E-state index is 14.5. The first-order valence-corrected chi connectivity index (χ1v) is 13.8. The second-order valence-corrected chi connectivity index (χ2v) is 11.2. The summed E-state index contributed by atoms with van der Waals surface area (Å²) in [4.78, 5) is 48.0. The van der Waals surface area contributed by atoms with E-state index in [0.717, 1.165) is 23.2 Å². The number of fused-ring (bicyclic) bond motifs is 2. The molecule has 0 aromatic heterocycles. The third-order valence-corrected chi connectivity index (χ3v) is 8.65. The number of benzene rings is 1. The average molecular weight is 522 g/mol. The van der Waals surface area contributed by atoms with E-state index in [2.05, 4.69) is 0 Å². The molecule has 4 aliphatic heterocycles. The lowest BCUT2D eigenvalue weighted by molar-refractivity contribution is -0.148. The number of para-hydroxylation sites is 1. The number of rotatable bonds is 7. The Morgan fingerprint density at radius 2 is 1.66 bits per heavy atom. The second kappa shape index (κ2) is 9.97. The Hall–Kier alpha value is -2.97. The molecule has 5 rings (SSSR count). The maximum Gasteiger partial charge on any atom is 0.253 e. The molecule has 1 spiro atoms. The Kier molecular flexibility index (Phi) is 6.99. The van der Waals surface area contributed by atoms with Gasteiger partial charge in [0.1, 0.15) is 11.6 Å². The number of aliphatic hydroxyl groups is 1. The van der Waals surface area contributed by atoms with Crippen molar-refractivity contribution in [1.29, 1.82) is 0 Å². The van der Waals surface area contributed by atoms with Crippen molar-refractivity contribution in [3.8, 4) is 0 Å². The van der Waals surface area contributed by atoms with Gasteiger partial charge in [0.25, 0.3) is 5.91 Å². The topological polar surface area (TPSA) is 90.4 Å². The fourth-order valence-corrected chi connectivity index (χ4v) is 7.11. The van der Waals surface area contributed by atoms with E-state index < -0.39 is 29.1 Å². The van der Waals surface area contributed by atoms with Gasteiger partial charge in [-0.25, -0.2) is 0 Å². The van der Waals surface area contributed by atoms with Gasteiger partial charge in [0, 0.05) is 38.5 Å². The number of carbonyl (C=O) groups excluding carboxylic acids is 3. The van der Waals surface area contributed by atoms with Gasteiger partial charge in [0.15, 0.2) is 0 Å². The highest BCUT2D eigenvalue weighted by molar-refractivity contribution is 6.06.